The van der Waals surface area contributed by atoms with Gasteiger partial charge >= 0.3 is 11.8 Å². The number of carbonyl (C=O) groups excluding carboxylic acids is 1. The zero-order valence-electron chi connectivity index (χ0n) is 15.0. The molecule has 0 radical (unpaired) electrons. The van der Waals surface area contributed by atoms with Crippen LogP contribution in [0.2, 0.25) is 5.02 Å². The van der Waals surface area contributed by atoms with Gasteiger partial charge in [0.05, 0.1) is 11.6 Å². The van der Waals surface area contributed by atoms with Gasteiger partial charge in [-0.05, 0) is 36.8 Å². The smallest absolute Gasteiger partial charge is 0.417 e. The summed E-state index contributed by atoms with van der Waals surface area (Å²) in [4.78, 5) is 23.5. The highest BCUT2D eigenvalue weighted by atomic mass is 35.5. The summed E-state index contributed by atoms with van der Waals surface area (Å²) in [5.74, 6) is -0.340. The molecule has 0 saturated carbocycles. The van der Waals surface area contributed by atoms with Crippen LogP contribution in [0.5, 0.6) is 5.75 Å². The molecule has 0 fully saturated rings. The lowest BCUT2D eigenvalue weighted by Gasteiger charge is -2.15. The number of alkyl halides is 3. The van der Waals surface area contributed by atoms with Crippen LogP contribution in [-0.2, 0) is 11.0 Å². The molecule has 0 unspecified atom stereocenters. The molecule has 0 bridgehead atoms. The summed E-state index contributed by atoms with van der Waals surface area (Å²) >= 11 is 5.83. The Bertz CT molecular complexity index is 1090. The van der Waals surface area contributed by atoms with Crippen molar-refractivity contribution in [3.63, 3.8) is 0 Å². The molecule has 3 aromatic rings. The van der Waals surface area contributed by atoms with Crippen molar-refractivity contribution in [3.8, 4) is 5.75 Å². The second kappa shape index (κ2) is 8.16. The number of nitrogens with one attached hydrogen (secondary N) is 1. The van der Waals surface area contributed by atoms with Crippen molar-refractivity contribution >= 4 is 28.5 Å². The van der Waals surface area contributed by atoms with Crippen LogP contribution in [0.3, 0.4) is 0 Å². The molecule has 1 amide bonds. The van der Waals surface area contributed by atoms with Gasteiger partial charge in [-0.25, -0.2) is 4.79 Å². The molecule has 0 aliphatic carbocycles. The third kappa shape index (κ3) is 5.08. The molecule has 1 heterocycles. The lowest BCUT2D eigenvalue weighted by atomic mass is 10.1. The highest BCUT2D eigenvalue weighted by Gasteiger charge is 2.33. The van der Waals surface area contributed by atoms with Crippen molar-refractivity contribution in [2.45, 2.75) is 19.1 Å². The van der Waals surface area contributed by atoms with Crippen LogP contribution in [0, 0.1) is 0 Å². The maximum Gasteiger partial charge on any atom is 0.417 e. The Balaban J connectivity index is 1.69. The Morgan fingerprint density at radius 3 is 2.52 bits per heavy atom. The van der Waals surface area contributed by atoms with E-state index in [1.807, 2.05) is 0 Å². The monoisotopic (exact) mass is 425 g/mol. The van der Waals surface area contributed by atoms with Crippen molar-refractivity contribution < 1.29 is 27.1 Å². The van der Waals surface area contributed by atoms with E-state index in [4.69, 9.17) is 20.8 Å². The second-order valence-corrected chi connectivity index (χ2v) is 6.70. The zero-order valence-corrected chi connectivity index (χ0v) is 15.8. The van der Waals surface area contributed by atoms with Crippen molar-refractivity contribution in [3.05, 3.63) is 75.1 Å². The number of carbonyl (C=O) groups is 1. The first-order chi connectivity index (χ1) is 13.6. The summed E-state index contributed by atoms with van der Waals surface area (Å²) in [6.45, 7) is 1.41. The van der Waals surface area contributed by atoms with Gasteiger partial charge in [-0.3, -0.25) is 4.79 Å². The van der Waals surface area contributed by atoms with Gasteiger partial charge in [-0.1, -0.05) is 23.7 Å². The first-order valence-electron chi connectivity index (χ1n) is 8.46. The molecule has 0 aliphatic heterocycles. The molecule has 29 heavy (non-hydrogen) atoms. The van der Waals surface area contributed by atoms with Crippen LogP contribution >= 0.6 is 11.6 Å². The lowest BCUT2D eigenvalue weighted by molar-refractivity contribution is -0.136. The number of amides is 1. The van der Waals surface area contributed by atoms with E-state index in [1.165, 1.54) is 6.07 Å². The summed E-state index contributed by atoms with van der Waals surface area (Å²) in [7, 11) is 0. The van der Waals surface area contributed by atoms with Gasteiger partial charge in [0, 0.05) is 22.5 Å². The highest BCUT2D eigenvalue weighted by molar-refractivity contribution is 6.30. The molecule has 0 spiro atoms. The average molecular weight is 426 g/mol. The number of fused-ring (bicyclic) bond motifs is 1. The maximum atomic E-state index is 13.1. The number of rotatable bonds is 5. The number of benzene rings is 2. The van der Waals surface area contributed by atoms with E-state index in [0.29, 0.717) is 11.1 Å². The van der Waals surface area contributed by atoms with E-state index < -0.39 is 23.3 Å². The number of hydrogen-bond donors (Lipinski definition) is 1. The van der Waals surface area contributed by atoms with Crippen molar-refractivity contribution in [1.29, 1.82) is 0 Å². The maximum absolute atomic E-state index is 13.1. The molecule has 152 valence electrons. The van der Waals surface area contributed by atoms with E-state index in [2.05, 4.69) is 5.32 Å². The molecule has 0 aliphatic rings. The van der Waals surface area contributed by atoms with Gasteiger partial charge in [-0.15, -0.1) is 0 Å². The molecule has 1 N–H and O–H groups in total. The fraction of sp³-hybridized carbons (Fsp3) is 0.200. The van der Waals surface area contributed by atoms with E-state index >= 15 is 0 Å². The van der Waals surface area contributed by atoms with Gasteiger partial charge in [0.15, 0.2) is 6.61 Å². The summed E-state index contributed by atoms with van der Waals surface area (Å²) in [5, 5.41) is 3.04. The van der Waals surface area contributed by atoms with E-state index in [-0.39, 0.29) is 29.4 Å². The summed E-state index contributed by atoms with van der Waals surface area (Å²) in [5.41, 5.74) is -1.66. The fourth-order valence-electron chi connectivity index (χ4n) is 2.73. The summed E-state index contributed by atoms with van der Waals surface area (Å²) < 4.78 is 49.3. The van der Waals surface area contributed by atoms with Crippen molar-refractivity contribution in [2.75, 3.05) is 6.61 Å². The van der Waals surface area contributed by atoms with Crippen LogP contribution < -0.4 is 15.7 Å². The van der Waals surface area contributed by atoms with Crippen molar-refractivity contribution in [1.82, 2.24) is 5.32 Å². The Morgan fingerprint density at radius 2 is 1.86 bits per heavy atom. The minimum absolute atomic E-state index is 0.0919. The Hall–Kier alpha value is -3.00. The van der Waals surface area contributed by atoms with E-state index in [0.717, 1.165) is 17.7 Å². The predicted molar refractivity (Wildman–Crippen MR) is 101 cm³/mol. The van der Waals surface area contributed by atoms with Gasteiger partial charge in [0.25, 0.3) is 5.91 Å². The van der Waals surface area contributed by atoms with Crippen LogP contribution in [-0.4, -0.2) is 12.5 Å². The van der Waals surface area contributed by atoms with Gasteiger partial charge in [-0.2, -0.15) is 13.2 Å². The van der Waals surface area contributed by atoms with Crippen molar-refractivity contribution in [2.24, 2.45) is 0 Å². The first-order valence-corrected chi connectivity index (χ1v) is 8.84. The molecule has 0 saturated heterocycles. The van der Waals surface area contributed by atoms with Crippen LogP contribution in [0.4, 0.5) is 13.2 Å². The number of halogens is 4. The molecule has 5 nitrogen and oxygen atoms in total. The van der Waals surface area contributed by atoms with Gasteiger partial charge in [0.1, 0.15) is 11.3 Å². The largest absolute Gasteiger partial charge is 0.484 e. The minimum Gasteiger partial charge on any atom is -0.484 e. The number of ether oxygens (including phenoxy) is 1. The van der Waals surface area contributed by atoms with Crippen LogP contribution in [0.25, 0.3) is 11.0 Å². The molecule has 1 atom stereocenters. The quantitative estimate of drug-likeness (QED) is 0.600. The van der Waals surface area contributed by atoms with Gasteiger partial charge in [0.2, 0.25) is 0 Å². The molecular formula is C20H15ClF3NO4. The SMILES string of the molecule is C[C@@H](NC(=O)COc1ccc2c(C(F)(F)F)cc(=O)oc2c1)c1ccc(Cl)cc1. The first kappa shape index (κ1) is 20.7. The fourth-order valence-corrected chi connectivity index (χ4v) is 2.86. The van der Waals surface area contributed by atoms with E-state index in [9.17, 15) is 22.8 Å². The van der Waals surface area contributed by atoms with Crippen LogP contribution in [0.1, 0.15) is 24.1 Å². The molecule has 1 aromatic heterocycles. The summed E-state index contributed by atoms with van der Waals surface area (Å²) in [6, 6.07) is 10.6. The minimum atomic E-state index is -4.70. The average Bonchev–Trinajstić information content (AvgIpc) is 2.65. The number of hydrogen-bond acceptors (Lipinski definition) is 4. The van der Waals surface area contributed by atoms with Crippen LogP contribution in [0.15, 0.2) is 57.7 Å². The highest BCUT2D eigenvalue weighted by Crippen LogP contribution is 2.34. The normalized spacial score (nSPS) is 12.6. The Kier molecular flexibility index (Phi) is 5.83. The molecular weight excluding hydrogens is 411 g/mol. The topological polar surface area (TPSA) is 68.5 Å². The summed E-state index contributed by atoms with van der Waals surface area (Å²) in [6.07, 6.45) is -4.70. The molecule has 9 heteroatoms. The Morgan fingerprint density at radius 1 is 1.17 bits per heavy atom. The predicted octanol–water partition coefficient (Wildman–Crippen LogP) is 4.72. The Labute approximate surface area is 168 Å². The third-order valence-corrected chi connectivity index (χ3v) is 4.39. The van der Waals surface area contributed by atoms with Gasteiger partial charge < -0.3 is 14.5 Å². The lowest BCUT2D eigenvalue weighted by Crippen LogP contribution is -2.31. The zero-order chi connectivity index (χ0) is 21.2. The second-order valence-electron chi connectivity index (χ2n) is 6.26. The standard InChI is InChI=1S/C20H15ClF3NO4/c1-11(12-2-4-13(21)5-3-12)25-18(26)10-28-14-6-7-15-16(20(22,23)24)9-19(27)29-17(15)8-14/h2-9,11H,10H2,1H3,(H,25,26)/t11-/m1/s1. The third-order valence-electron chi connectivity index (χ3n) is 4.14. The molecule has 2 aromatic carbocycles. The molecule has 3 rings (SSSR count). The van der Waals surface area contributed by atoms with E-state index in [1.54, 1.807) is 31.2 Å².